The van der Waals surface area contributed by atoms with E-state index in [1.165, 1.54) is 4.90 Å². The molecule has 132 valence electrons. The first kappa shape index (κ1) is 17.2. The summed E-state index contributed by atoms with van der Waals surface area (Å²) >= 11 is 0. The zero-order valence-electron chi connectivity index (χ0n) is 14.4. The van der Waals surface area contributed by atoms with Gasteiger partial charge in [0.1, 0.15) is 5.76 Å². The third kappa shape index (κ3) is 4.48. The number of furan rings is 1. The average molecular weight is 342 g/mol. The van der Waals surface area contributed by atoms with Crippen molar-refractivity contribution in [2.75, 3.05) is 32.7 Å². The third-order valence-electron chi connectivity index (χ3n) is 4.54. The van der Waals surface area contributed by atoms with Crippen LogP contribution in [0.5, 0.6) is 0 Å². The smallest absolute Gasteiger partial charge is 0.275 e. The Labute approximate surface area is 147 Å². The molecular formula is C19H24N3O3+. The molecule has 0 radical (unpaired) electrons. The van der Waals surface area contributed by atoms with Crippen molar-refractivity contribution < 1.29 is 18.9 Å². The lowest BCUT2D eigenvalue weighted by molar-refractivity contribution is -0.896. The van der Waals surface area contributed by atoms with E-state index in [0.717, 1.165) is 24.4 Å². The van der Waals surface area contributed by atoms with E-state index in [2.05, 4.69) is 5.32 Å². The summed E-state index contributed by atoms with van der Waals surface area (Å²) in [5.41, 5.74) is 0.718. The fraction of sp³-hybridized carbons (Fsp3) is 0.368. The Kier molecular flexibility index (Phi) is 5.50. The summed E-state index contributed by atoms with van der Waals surface area (Å²) in [5, 5.41) is 2.96. The summed E-state index contributed by atoms with van der Waals surface area (Å²) in [5.74, 6) is 0.818. The molecule has 0 unspecified atom stereocenters. The van der Waals surface area contributed by atoms with Crippen molar-refractivity contribution in [3.05, 3.63) is 60.1 Å². The van der Waals surface area contributed by atoms with Gasteiger partial charge in [0, 0.05) is 5.56 Å². The Balaban J connectivity index is 1.44. The highest BCUT2D eigenvalue weighted by Crippen LogP contribution is 2.11. The summed E-state index contributed by atoms with van der Waals surface area (Å²) in [7, 11) is 0. The molecule has 6 heteroatoms. The Morgan fingerprint density at radius 3 is 2.52 bits per heavy atom. The van der Waals surface area contributed by atoms with E-state index in [1.54, 1.807) is 6.26 Å². The largest absolute Gasteiger partial charge is 0.467 e. The molecule has 0 spiro atoms. The highest BCUT2D eigenvalue weighted by molar-refractivity contribution is 5.94. The number of hydrogen-bond acceptors (Lipinski definition) is 3. The predicted octanol–water partition coefficient (Wildman–Crippen LogP) is 0.498. The molecule has 25 heavy (non-hydrogen) atoms. The second-order valence-corrected chi connectivity index (χ2v) is 6.39. The van der Waals surface area contributed by atoms with Crippen molar-refractivity contribution in [3.63, 3.8) is 0 Å². The molecule has 6 nitrogen and oxygen atoms in total. The zero-order chi connectivity index (χ0) is 17.6. The number of rotatable bonds is 5. The molecule has 1 aromatic heterocycles. The van der Waals surface area contributed by atoms with Crippen LogP contribution in [0.25, 0.3) is 0 Å². The standard InChI is InChI=1S/C19H23N3O3/c1-15(17-8-5-13-25-17)20-18(23)14-21-9-11-22(12-10-21)19(24)16-6-3-2-4-7-16/h2-8,13,15H,9-12,14H2,1H3,(H,20,23)/p+1/t15-/m0/s1. The second-order valence-electron chi connectivity index (χ2n) is 6.39. The molecule has 1 aromatic carbocycles. The first-order valence-electron chi connectivity index (χ1n) is 8.64. The van der Waals surface area contributed by atoms with Crippen molar-refractivity contribution in [1.82, 2.24) is 10.2 Å². The first-order valence-corrected chi connectivity index (χ1v) is 8.64. The van der Waals surface area contributed by atoms with Gasteiger partial charge in [-0.15, -0.1) is 0 Å². The summed E-state index contributed by atoms with van der Waals surface area (Å²) < 4.78 is 5.30. The number of carbonyl (C=O) groups is 2. The van der Waals surface area contributed by atoms with E-state index >= 15 is 0 Å². The number of hydrogen-bond donors (Lipinski definition) is 2. The fourth-order valence-electron chi connectivity index (χ4n) is 3.09. The molecule has 1 aliphatic rings. The van der Waals surface area contributed by atoms with E-state index in [0.29, 0.717) is 19.6 Å². The third-order valence-corrected chi connectivity index (χ3v) is 4.54. The van der Waals surface area contributed by atoms with Gasteiger partial charge < -0.3 is 19.5 Å². The molecule has 3 rings (SSSR count). The van der Waals surface area contributed by atoms with Gasteiger partial charge in [-0.3, -0.25) is 9.59 Å². The lowest BCUT2D eigenvalue weighted by Crippen LogP contribution is -3.15. The van der Waals surface area contributed by atoms with Gasteiger partial charge in [-0.1, -0.05) is 18.2 Å². The highest BCUT2D eigenvalue weighted by Gasteiger charge is 2.26. The summed E-state index contributed by atoms with van der Waals surface area (Å²) in [6, 6.07) is 12.9. The molecule has 1 atom stereocenters. The monoisotopic (exact) mass is 342 g/mol. The van der Waals surface area contributed by atoms with E-state index in [1.807, 2.05) is 54.3 Å². The SMILES string of the molecule is C[C@H](NC(=O)C[NH+]1CCN(C(=O)c2ccccc2)CC1)c1ccco1. The van der Waals surface area contributed by atoms with Gasteiger partial charge in [-0.2, -0.15) is 0 Å². The Bertz CT molecular complexity index is 692. The summed E-state index contributed by atoms with van der Waals surface area (Å²) in [6.07, 6.45) is 1.60. The van der Waals surface area contributed by atoms with E-state index < -0.39 is 0 Å². The van der Waals surface area contributed by atoms with E-state index in [4.69, 9.17) is 4.42 Å². The van der Waals surface area contributed by atoms with Crippen LogP contribution in [-0.4, -0.2) is 49.4 Å². The quantitative estimate of drug-likeness (QED) is 0.831. The van der Waals surface area contributed by atoms with Gasteiger partial charge in [-0.05, 0) is 31.2 Å². The van der Waals surface area contributed by atoms with Gasteiger partial charge in [0.2, 0.25) is 0 Å². The number of nitrogens with one attached hydrogen (secondary N) is 2. The lowest BCUT2D eigenvalue weighted by Gasteiger charge is -2.32. The second kappa shape index (κ2) is 7.98. The number of piperazine rings is 1. The topological polar surface area (TPSA) is 67.0 Å². The van der Waals surface area contributed by atoms with Crippen LogP contribution in [0.3, 0.4) is 0 Å². The van der Waals surface area contributed by atoms with Crippen LogP contribution in [0.4, 0.5) is 0 Å². The maximum absolute atomic E-state index is 12.4. The highest BCUT2D eigenvalue weighted by atomic mass is 16.3. The number of nitrogens with zero attached hydrogens (tertiary/aromatic N) is 1. The van der Waals surface area contributed by atoms with Crippen LogP contribution < -0.4 is 10.2 Å². The zero-order valence-corrected chi connectivity index (χ0v) is 14.4. The number of benzene rings is 1. The predicted molar refractivity (Wildman–Crippen MR) is 93.2 cm³/mol. The molecule has 1 fully saturated rings. The van der Waals surface area contributed by atoms with Crippen LogP contribution in [0.15, 0.2) is 53.1 Å². The molecular weight excluding hydrogens is 318 g/mol. The van der Waals surface area contributed by atoms with Gasteiger partial charge in [0.15, 0.2) is 6.54 Å². The molecule has 2 aromatic rings. The molecule has 2 amide bonds. The van der Waals surface area contributed by atoms with Crippen molar-refractivity contribution in [2.24, 2.45) is 0 Å². The molecule has 1 saturated heterocycles. The van der Waals surface area contributed by atoms with Crippen LogP contribution in [0.1, 0.15) is 29.1 Å². The van der Waals surface area contributed by atoms with Crippen LogP contribution in [-0.2, 0) is 4.79 Å². The normalized spacial score (nSPS) is 16.4. The molecule has 1 aliphatic heterocycles. The van der Waals surface area contributed by atoms with Crippen molar-refractivity contribution in [1.29, 1.82) is 0 Å². The number of quaternary nitrogens is 1. The maximum Gasteiger partial charge on any atom is 0.275 e. The van der Waals surface area contributed by atoms with Crippen molar-refractivity contribution in [3.8, 4) is 0 Å². The molecule has 2 N–H and O–H groups in total. The molecule has 0 aliphatic carbocycles. The molecule has 2 heterocycles. The number of carbonyl (C=O) groups excluding carboxylic acids is 2. The van der Waals surface area contributed by atoms with Gasteiger partial charge >= 0.3 is 0 Å². The Morgan fingerprint density at radius 2 is 1.88 bits per heavy atom. The minimum absolute atomic E-state index is 0.00161. The number of amides is 2. The van der Waals surface area contributed by atoms with E-state index in [9.17, 15) is 9.59 Å². The van der Waals surface area contributed by atoms with Crippen LogP contribution in [0.2, 0.25) is 0 Å². The minimum atomic E-state index is -0.136. The van der Waals surface area contributed by atoms with Gasteiger partial charge in [0.05, 0.1) is 38.5 Å². The average Bonchev–Trinajstić information content (AvgIpc) is 3.17. The summed E-state index contributed by atoms with van der Waals surface area (Å²) in [6.45, 7) is 5.22. The molecule has 0 bridgehead atoms. The maximum atomic E-state index is 12.4. The lowest BCUT2D eigenvalue weighted by atomic mass is 10.2. The van der Waals surface area contributed by atoms with Crippen molar-refractivity contribution >= 4 is 11.8 Å². The summed E-state index contributed by atoms with van der Waals surface area (Å²) in [4.78, 5) is 27.7. The Morgan fingerprint density at radius 1 is 1.16 bits per heavy atom. The van der Waals surface area contributed by atoms with Gasteiger partial charge in [-0.25, -0.2) is 0 Å². The van der Waals surface area contributed by atoms with E-state index in [-0.39, 0.29) is 17.9 Å². The van der Waals surface area contributed by atoms with Crippen molar-refractivity contribution in [2.45, 2.75) is 13.0 Å². The molecule has 0 saturated carbocycles. The minimum Gasteiger partial charge on any atom is -0.467 e. The van der Waals surface area contributed by atoms with Gasteiger partial charge in [0.25, 0.3) is 11.8 Å². The Hall–Kier alpha value is -2.60. The first-order chi connectivity index (χ1) is 12.1. The van der Waals surface area contributed by atoms with Crippen LogP contribution in [0, 0.1) is 0 Å². The van der Waals surface area contributed by atoms with Crippen LogP contribution >= 0.6 is 0 Å². The fourth-order valence-corrected chi connectivity index (χ4v) is 3.09.